The molecule has 0 bridgehead atoms. The maximum atomic E-state index is 12.8. The van der Waals surface area contributed by atoms with E-state index >= 15 is 0 Å². The molecule has 0 radical (unpaired) electrons. The molecule has 0 amide bonds. The first-order valence-corrected chi connectivity index (χ1v) is 4.27. The molecule has 1 aromatic carbocycles. The van der Waals surface area contributed by atoms with Crippen LogP contribution in [-0.2, 0) is 0 Å². The first kappa shape index (κ1) is 13.4. The van der Waals surface area contributed by atoms with Gasteiger partial charge in [0.05, 0.1) is 4.92 Å². The number of alkyl halides is 3. The molecule has 92 valence electrons. The van der Waals surface area contributed by atoms with Crippen LogP contribution in [0.2, 0.25) is 5.02 Å². The summed E-state index contributed by atoms with van der Waals surface area (Å²) in [6.07, 6.45) is -5.35. The third kappa shape index (κ3) is 2.70. The molecule has 9 heteroatoms. The van der Waals surface area contributed by atoms with Crippen LogP contribution in [0.1, 0.15) is 10.4 Å². The second-order valence-electron chi connectivity index (χ2n) is 2.87. The smallest absolute Gasteiger partial charge is 0.284 e. The van der Waals surface area contributed by atoms with Crippen LogP contribution in [0.5, 0.6) is 0 Å². The number of halogens is 5. The van der Waals surface area contributed by atoms with Gasteiger partial charge in [0.25, 0.3) is 11.5 Å². The van der Waals surface area contributed by atoms with Gasteiger partial charge in [0, 0.05) is 0 Å². The van der Waals surface area contributed by atoms with Gasteiger partial charge in [0.1, 0.15) is 16.4 Å². The van der Waals surface area contributed by atoms with E-state index in [1.165, 1.54) is 0 Å². The van der Waals surface area contributed by atoms with Crippen molar-refractivity contribution in [2.45, 2.75) is 6.18 Å². The van der Waals surface area contributed by atoms with Gasteiger partial charge in [-0.05, 0) is 12.1 Å². The summed E-state index contributed by atoms with van der Waals surface area (Å²) in [4.78, 5) is 20.0. The van der Waals surface area contributed by atoms with E-state index in [0.29, 0.717) is 6.07 Å². The number of nitrogens with zero attached hydrogens (tertiary/aromatic N) is 1. The standard InChI is InChI=1S/C8H2ClF4NO3/c9-5-2-3(10)1-4(6(5)14(16)17)7(15)8(11,12)13/h1-2H. The van der Waals surface area contributed by atoms with E-state index in [-0.39, 0.29) is 6.07 Å². The van der Waals surface area contributed by atoms with Crippen molar-refractivity contribution in [1.29, 1.82) is 0 Å². The SMILES string of the molecule is O=C(c1cc(F)cc(Cl)c1[N+](=O)[O-])C(F)(F)F. The van der Waals surface area contributed by atoms with Gasteiger partial charge in [-0.2, -0.15) is 13.2 Å². The lowest BCUT2D eigenvalue weighted by Crippen LogP contribution is -2.24. The van der Waals surface area contributed by atoms with E-state index in [1.807, 2.05) is 0 Å². The van der Waals surface area contributed by atoms with Gasteiger partial charge in [0.15, 0.2) is 0 Å². The van der Waals surface area contributed by atoms with Crippen LogP contribution >= 0.6 is 11.6 Å². The number of carbonyl (C=O) groups is 1. The quantitative estimate of drug-likeness (QED) is 0.359. The van der Waals surface area contributed by atoms with Crippen LogP contribution < -0.4 is 0 Å². The van der Waals surface area contributed by atoms with Gasteiger partial charge in [-0.15, -0.1) is 0 Å². The van der Waals surface area contributed by atoms with E-state index in [1.54, 1.807) is 0 Å². The van der Waals surface area contributed by atoms with Crippen LogP contribution in [-0.4, -0.2) is 16.9 Å². The molecule has 4 nitrogen and oxygen atoms in total. The number of Topliss-reactive ketones (excluding diaryl/α,β-unsaturated/α-hetero) is 1. The Kier molecular flexibility index (Phi) is 3.37. The van der Waals surface area contributed by atoms with E-state index in [0.717, 1.165) is 0 Å². The molecular formula is C8H2ClF4NO3. The van der Waals surface area contributed by atoms with E-state index in [4.69, 9.17) is 11.6 Å². The number of hydrogen-bond acceptors (Lipinski definition) is 3. The molecule has 0 unspecified atom stereocenters. The average Bonchev–Trinajstić information content (AvgIpc) is 2.12. The highest BCUT2D eigenvalue weighted by Crippen LogP contribution is 2.33. The van der Waals surface area contributed by atoms with Crippen molar-refractivity contribution < 1.29 is 27.3 Å². The molecule has 1 rings (SSSR count). The van der Waals surface area contributed by atoms with Gasteiger partial charge in [-0.1, -0.05) is 11.6 Å². The van der Waals surface area contributed by atoms with Gasteiger partial charge in [-0.25, -0.2) is 4.39 Å². The number of rotatable bonds is 2. The Morgan fingerprint density at radius 1 is 1.35 bits per heavy atom. The Morgan fingerprint density at radius 3 is 2.29 bits per heavy atom. The summed E-state index contributed by atoms with van der Waals surface area (Å²) in [6, 6.07) is 0.576. The zero-order chi connectivity index (χ0) is 13.4. The normalized spacial score (nSPS) is 11.4. The molecule has 17 heavy (non-hydrogen) atoms. The Labute approximate surface area is 95.9 Å². The van der Waals surface area contributed by atoms with Crippen LogP contribution in [0.25, 0.3) is 0 Å². The maximum Gasteiger partial charge on any atom is 0.455 e. The summed E-state index contributed by atoms with van der Waals surface area (Å²) in [7, 11) is 0. The number of nitro groups is 1. The minimum Gasteiger partial charge on any atom is -0.284 e. The van der Waals surface area contributed by atoms with E-state index < -0.39 is 39.0 Å². The number of nitro benzene ring substituents is 1. The highest BCUT2D eigenvalue weighted by atomic mass is 35.5. The molecule has 0 atom stereocenters. The van der Waals surface area contributed by atoms with Crippen molar-refractivity contribution >= 4 is 23.1 Å². The van der Waals surface area contributed by atoms with Crippen molar-refractivity contribution in [2.75, 3.05) is 0 Å². The van der Waals surface area contributed by atoms with Gasteiger partial charge >= 0.3 is 6.18 Å². The highest BCUT2D eigenvalue weighted by Gasteiger charge is 2.43. The lowest BCUT2D eigenvalue weighted by molar-refractivity contribution is -0.385. The number of benzene rings is 1. The fraction of sp³-hybridized carbons (Fsp3) is 0.125. The minimum atomic E-state index is -5.35. The molecule has 0 saturated heterocycles. The Balaban J connectivity index is 3.52. The zero-order valence-corrected chi connectivity index (χ0v) is 8.47. The second kappa shape index (κ2) is 4.28. The second-order valence-corrected chi connectivity index (χ2v) is 3.27. The van der Waals surface area contributed by atoms with E-state index in [9.17, 15) is 32.5 Å². The molecule has 0 aliphatic rings. The third-order valence-electron chi connectivity index (χ3n) is 1.71. The van der Waals surface area contributed by atoms with Crippen molar-refractivity contribution in [3.05, 3.63) is 38.7 Å². The van der Waals surface area contributed by atoms with Crippen LogP contribution in [0.4, 0.5) is 23.2 Å². The molecule has 0 saturated carbocycles. The highest BCUT2D eigenvalue weighted by molar-refractivity contribution is 6.33. The lowest BCUT2D eigenvalue weighted by Gasteiger charge is -2.06. The predicted molar refractivity (Wildman–Crippen MR) is 48.4 cm³/mol. The molecule has 0 N–H and O–H groups in total. The van der Waals surface area contributed by atoms with Crippen LogP contribution in [0.15, 0.2) is 12.1 Å². The largest absolute Gasteiger partial charge is 0.455 e. The number of hydrogen-bond donors (Lipinski definition) is 0. The fourth-order valence-electron chi connectivity index (χ4n) is 1.08. The van der Waals surface area contributed by atoms with Gasteiger partial charge in [0.2, 0.25) is 0 Å². The molecule has 0 heterocycles. The lowest BCUT2D eigenvalue weighted by atomic mass is 10.1. The Morgan fingerprint density at radius 2 is 1.88 bits per heavy atom. The van der Waals surface area contributed by atoms with Crippen LogP contribution in [0.3, 0.4) is 0 Å². The number of carbonyl (C=O) groups excluding carboxylic acids is 1. The fourth-order valence-corrected chi connectivity index (χ4v) is 1.35. The summed E-state index contributed by atoms with van der Waals surface area (Å²) in [5, 5.41) is 9.59. The summed E-state index contributed by atoms with van der Waals surface area (Å²) in [5.41, 5.74) is -2.69. The summed E-state index contributed by atoms with van der Waals surface area (Å²) < 4.78 is 49.1. The Hall–Kier alpha value is -1.70. The number of ketones is 1. The van der Waals surface area contributed by atoms with Gasteiger partial charge in [-0.3, -0.25) is 14.9 Å². The molecule has 0 aliphatic carbocycles. The summed E-state index contributed by atoms with van der Waals surface area (Å²) in [5.74, 6) is -3.79. The first-order chi connectivity index (χ1) is 7.64. The molecular weight excluding hydrogens is 270 g/mol. The molecule has 0 aliphatic heterocycles. The predicted octanol–water partition coefficient (Wildman–Crippen LogP) is 3.13. The average molecular weight is 272 g/mol. The van der Waals surface area contributed by atoms with Crippen LogP contribution in [0, 0.1) is 15.9 Å². The van der Waals surface area contributed by atoms with Gasteiger partial charge < -0.3 is 0 Å². The van der Waals surface area contributed by atoms with Crippen molar-refractivity contribution in [1.82, 2.24) is 0 Å². The Bertz CT molecular complexity index is 500. The zero-order valence-electron chi connectivity index (χ0n) is 7.72. The molecule has 1 aromatic rings. The summed E-state index contributed by atoms with van der Waals surface area (Å²) >= 11 is 5.22. The molecule has 0 fully saturated rings. The molecule has 0 aromatic heterocycles. The monoisotopic (exact) mass is 271 g/mol. The van der Waals surface area contributed by atoms with Crippen molar-refractivity contribution in [2.24, 2.45) is 0 Å². The molecule has 0 spiro atoms. The maximum absolute atomic E-state index is 12.8. The first-order valence-electron chi connectivity index (χ1n) is 3.89. The topological polar surface area (TPSA) is 60.2 Å². The summed E-state index contributed by atoms with van der Waals surface area (Å²) in [6.45, 7) is 0. The van der Waals surface area contributed by atoms with Crippen molar-refractivity contribution in [3.63, 3.8) is 0 Å². The van der Waals surface area contributed by atoms with E-state index in [2.05, 4.69) is 0 Å². The minimum absolute atomic E-state index is 0.125. The van der Waals surface area contributed by atoms with Crippen molar-refractivity contribution in [3.8, 4) is 0 Å². The third-order valence-corrected chi connectivity index (χ3v) is 2.00.